The van der Waals surface area contributed by atoms with Crippen LogP contribution >= 0.6 is 0 Å². The van der Waals surface area contributed by atoms with Gasteiger partial charge in [-0.25, -0.2) is 4.79 Å². The summed E-state index contributed by atoms with van der Waals surface area (Å²) in [5, 5.41) is 12.7. The van der Waals surface area contributed by atoms with E-state index < -0.39 is 5.97 Å². The first-order chi connectivity index (χ1) is 7.99. The maximum atomic E-state index is 11.0. The largest absolute Gasteiger partial charge is 0.477 e. The lowest BCUT2D eigenvalue weighted by Gasteiger charge is -2.12. The van der Waals surface area contributed by atoms with Crippen molar-refractivity contribution in [3.8, 4) is 0 Å². The summed E-state index contributed by atoms with van der Waals surface area (Å²) in [4.78, 5) is 11.0. The Labute approximate surface area is 98.9 Å². The first kappa shape index (κ1) is 11.4. The van der Waals surface area contributed by atoms with E-state index in [1.54, 1.807) is 0 Å². The van der Waals surface area contributed by atoms with E-state index in [0.717, 1.165) is 11.8 Å². The minimum Gasteiger partial charge on any atom is -0.477 e. The highest BCUT2D eigenvalue weighted by Gasteiger charge is 2.18. The zero-order valence-corrected chi connectivity index (χ0v) is 9.68. The molecule has 1 aliphatic rings. The Morgan fingerprint density at radius 2 is 2.18 bits per heavy atom. The number of carbonyl (C=O) groups is 1. The molecule has 0 atom stereocenters. The summed E-state index contributed by atoms with van der Waals surface area (Å²) in [7, 11) is 0. The van der Waals surface area contributed by atoms with Gasteiger partial charge in [0.05, 0.1) is 0 Å². The molecule has 0 saturated carbocycles. The summed E-state index contributed by atoms with van der Waals surface area (Å²) in [6.07, 6.45) is 10.8. The molecule has 4 nitrogen and oxygen atoms in total. The van der Waals surface area contributed by atoms with Gasteiger partial charge >= 0.3 is 5.97 Å². The van der Waals surface area contributed by atoms with Crippen LogP contribution in [0.5, 0.6) is 0 Å². The van der Waals surface area contributed by atoms with Crippen molar-refractivity contribution in [1.82, 2.24) is 5.16 Å². The topological polar surface area (TPSA) is 63.3 Å². The smallest absolute Gasteiger partial charge is 0.341 e. The molecule has 0 amide bonds. The SMILES string of the molecule is CC1(C)C=CC=C(c2nocc2C(=O)O)C=C1. The summed E-state index contributed by atoms with van der Waals surface area (Å²) in [5.74, 6) is -1.04. The highest BCUT2D eigenvalue weighted by molar-refractivity contribution is 5.94. The van der Waals surface area contributed by atoms with Gasteiger partial charge < -0.3 is 9.63 Å². The number of carboxylic acid groups (broad SMARTS) is 1. The molecule has 0 aliphatic heterocycles. The second-order valence-corrected chi connectivity index (χ2v) is 4.52. The highest BCUT2D eigenvalue weighted by Crippen LogP contribution is 2.27. The zero-order chi connectivity index (χ0) is 12.5. The van der Waals surface area contributed by atoms with Crippen LogP contribution in [0.3, 0.4) is 0 Å². The van der Waals surface area contributed by atoms with Crippen LogP contribution in [0.25, 0.3) is 5.57 Å². The fraction of sp³-hybridized carbons (Fsp3) is 0.231. The number of allylic oxidation sites excluding steroid dienone is 6. The number of aromatic carboxylic acids is 1. The molecular weight excluding hydrogens is 218 g/mol. The van der Waals surface area contributed by atoms with E-state index in [1.165, 1.54) is 0 Å². The maximum absolute atomic E-state index is 11.0. The molecule has 1 aromatic heterocycles. The summed E-state index contributed by atoms with van der Waals surface area (Å²) in [5.41, 5.74) is 1.12. The Morgan fingerprint density at radius 3 is 2.88 bits per heavy atom. The van der Waals surface area contributed by atoms with Gasteiger partial charge in [-0.05, 0) is 0 Å². The molecule has 0 radical (unpaired) electrons. The predicted molar refractivity (Wildman–Crippen MR) is 63.5 cm³/mol. The number of carboxylic acids is 1. The highest BCUT2D eigenvalue weighted by atomic mass is 16.5. The lowest BCUT2D eigenvalue weighted by atomic mass is 9.93. The van der Waals surface area contributed by atoms with Gasteiger partial charge in [0.25, 0.3) is 0 Å². The first-order valence-corrected chi connectivity index (χ1v) is 5.26. The van der Waals surface area contributed by atoms with Gasteiger partial charge in [-0.15, -0.1) is 0 Å². The van der Waals surface area contributed by atoms with Crippen molar-refractivity contribution in [3.05, 3.63) is 47.9 Å². The Morgan fingerprint density at radius 1 is 1.41 bits per heavy atom. The lowest BCUT2D eigenvalue weighted by Crippen LogP contribution is -2.01. The van der Waals surface area contributed by atoms with Gasteiger partial charge in [0.2, 0.25) is 0 Å². The van der Waals surface area contributed by atoms with Gasteiger partial charge in [0.15, 0.2) is 0 Å². The molecular formula is C13H13NO3. The van der Waals surface area contributed by atoms with Crippen LogP contribution in [0.15, 0.2) is 41.2 Å². The molecule has 1 aliphatic carbocycles. The molecule has 0 unspecified atom stereocenters. The van der Waals surface area contributed by atoms with Crippen LogP contribution in [-0.2, 0) is 0 Å². The molecule has 1 aromatic rings. The molecule has 0 spiro atoms. The maximum Gasteiger partial charge on any atom is 0.341 e. The second kappa shape index (κ2) is 4.05. The number of aromatic nitrogens is 1. The van der Waals surface area contributed by atoms with Crippen molar-refractivity contribution in [2.45, 2.75) is 13.8 Å². The number of hydrogen-bond donors (Lipinski definition) is 1. The summed E-state index contributed by atoms with van der Waals surface area (Å²) < 4.78 is 4.72. The van der Waals surface area contributed by atoms with Crippen LogP contribution in [-0.4, -0.2) is 16.2 Å². The van der Waals surface area contributed by atoms with E-state index in [1.807, 2.05) is 30.4 Å². The van der Waals surface area contributed by atoms with Crippen LogP contribution < -0.4 is 0 Å². The third kappa shape index (κ3) is 2.36. The Kier molecular flexibility index (Phi) is 2.71. The van der Waals surface area contributed by atoms with E-state index >= 15 is 0 Å². The molecule has 1 N–H and O–H groups in total. The number of nitrogens with zero attached hydrogens (tertiary/aromatic N) is 1. The molecule has 0 aromatic carbocycles. The van der Waals surface area contributed by atoms with Crippen LogP contribution in [0.2, 0.25) is 0 Å². The van der Waals surface area contributed by atoms with Crippen LogP contribution in [0.4, 0.5) is 0 Å². The van der Waals surface area contributed by atoms with Crippen molar-refractivity contribution in [2.75, 3.05) is 0 Å². The molecule has 4 heteroatoms. The fourth-order valence-corrected chi connectivity index (χ4v) is 1.57. The van der Waals surface area contributed by atoms with Gasteiger partial charge in [-0.2, -0.15) is 0 Å². The fourth-order valence-electron chi connectivity index (χ4n) is 1.57. The zero-order valence-electron chi connectivity index (χ0n) is 9.68. The minimum atomic E-state index is -1.04. The van der Waals surface area contributed by atoms with Gasteiger partial charge in [-0.3, -0.25) is 0 Å². The van der Waals surface area contributed by atoms with Crippen LogP contribution in [0.1, 0.15) is 29.9 Å². The Hall–Kier alpha value is -2.10. The van der Waals surface area contributed by atoms with Crippen molar-refractivity contribution in [2.24, 2.45) is 5.41 Å². The number of rotatable bonds is 2. The lowest BCUT2D eigenvalue weighted by molar-refractivity contribution is 0.0696. The molecule has 0 bridgehead atoms. The van der Waals surface area contributed by atoms with E-state index in [9.17, 15) is 4.79 Å². The van der Waals surface area contributed by atoms with Crippen LogP contribution in [0, 0.1) is 5.41 Å². The average Bonchev–Trinajstić information content (AvgIpc) is 2.65. The summed E-state index contributed by atoms with van der Waals surface area (Å²) in [6, 6.07) is 0. The normalized spacial score (nSPS) is 17.6. The van der Waals surface area contributed by atoms with E-state index in [-0.39, 0.29) is 11.0 Å². The molecule has 1 heterocycles. The third-order valence-corrected chi connectivity index (χ3v) is 2.57. The first-order valence-electron chi connectivity index (χ1n) is 5.26. The Bertz CT molecular complexity index is 533. The minimum absolute atomic E-state index is 0.0502. The monoisotopic (exact) mass is 231 g/mol. The molecule has 2 rings (SSSR count). The summed E-state index contributed by atoms with van der Waals surface area (Å²) >= 11 is 0. The molecule has 0 fully saturated rings. The standard InChI is InChI=1S/C13H13NO3/c1-13(2)6-3-4-9(5-7-13)11-10(12(15)16)8-17-14-11/h3-8H,1-2H3,(H,15,16). The third-order valence-electron chi connectivity index (χ3n) is 2.57. The molecule has 17 heavy (non-hydrogen) atoms. The molecule has 88 valence electrons. The summed E-state index contributed by atoms with van der Waals surface area (Å²) in [6.45, 7) is 4.13. The van der Waals surface area contributed by atoms with Crippen molar-refractivity contribution in [3.63, 3.8) is 0 Å². The van der Waals surface area contributed by atoms with Crippen molar-refractivity contribution in [1.29, 1.82) is 0 Å². The number of hydrogen-bond acceptors (Lipinski definition) is 3. The average molecular weight is 231 g/mol. The van der Waals surface area contributed by atoms with E-state index in [4.69, 9.17) is 9.63 Å². The van der Waals surface area contributed by atoms with Crippen molar-refractivity contribution >= 4 is 11.5 Å². The van der Waals surface area contributed by atoms with E-state index in [0.29, 0.717) is 5.69 Å². The van der Waals surface area contributed by atoms with Gasteiger partial charge in [-0.1, -0.05) is 49.4 Å². The van der Waals surface area contributed by atoms with Crippen molar-refractivity contribution < 1.29 is 14.4 Å². The predicted octanol–water partition coefficient (Wildman–Crippen LogP) is 2.91. The van der Waals surface area contributed by atoms with Gasteiger partial charge in [0, 0.05) is 11.0 Å². The van der Waals surface area contributed by atoms with Gasteiger partial charge in [0.1, 0.15) is 17.5 Å². The quantitative estimate of drug-likeness (QED) is 0.850. The molecule has 0 saturated heterocycles. The Balaban J connectivity index is 2.42. The van der Waals surface area contributed by atoms with E-state index in [2.05, 4.69) is 19.0 Å². The second-order valence-electron chi connectivity index (χ2n) is 4.52.